The maximum Gasteiger partial charge on any atom is 0.251 e. The predicted octanol–water partition coefficient (Wildman–Crippen LogP) is 4.16. The first-order chi connectivity index (χ1) is 16.8. The molecular weight excluding hydrogens is 476 g/mol. The molecule has 0 spiro atoms. The van der Waals surface area contributed by atoms with Gasteiger partial charge in [0, 0.05) is 49.7 Å². The van der Waals surface area contributed by atoms with Crippen molar-refractivity contribution in [3.63, 3.8) is 0 Å². The van der Waals surface area contributed by atoms with E-state index in [0.717, 1.165) is 35.3 Å². The van der Waals surface area contributed by atoms with E-state index < -0.39 is 0 Å². The number of nitrogens with zero attached hydrogens (tertiary/aromatic N) is 4. The maximum atomic E-state index is 12.4. The minimum atomic E-state index is -0.0814. The van der Waals surface area contributed by atoms with Gasteiger partial charge in [-0.3, -0.25) is 9.59 Å². The van der Waals surface area contributed by atoms with E-state index >= 15 is 0 Å². The molecule has 0 bridgehead atoms. The summed E-state index contributed by atoms with van der Waals surface area (Å²) in [6.07, 6.45) is 4.15. The van der Waals surface area contributed by atoms with Crippen molar-refractivity contribution < 1.29 is 9.59 Å². The summed E-state index contributed by atoms with van der Waals surface area (Å²) in [5.74, 6) is 0.495. The second kappa shape index (κ2) is 12.0. The average Bonchev–Trinajstić information content (AvgIpc) is 2.84. The van der Waals surface area contributed by atoms with E-state index in [0.29, 0.717) is 18.1 Å². The molecule has 8 nitrogen and oxygen atoms in total. The van der Waals surface area contributed by atoms with Gasteiger partial charge in [0.15, 0.2) is 0 Å². The van der Waals surface area contributed by atoms with E-state index in [4.69, 9.17) is 0 Å². The number of anilines is 2. The zero-order chi connectivity index (χ0) is 24.9. The van der Waals surface area contributed by atoms with Gasteiger partial charge in [0.1, 0.15) is 0 Å². The Morgan fingerprint density at radius 1 is 1.06 bits per heavy atom. The second-order valence-corrected chi connectivity index (χ2v) is 9.15. The van der Waals surface area contributed by atoms with Gasteiger partial charge in [-0.1, -0.05) is 18.2 Å². The quantitative estimate of drug-likeness (QED) is 0.498. The molecule has 0 aliphatic carbocycles. The number of rotatable bonds is 7. The monoisotopic (exact) mass is 508 g/mol. The van der Waals surface area contributed by atoms with Gasteiger partial charge in [-0.25, -0.2) is 9.97 Å². The largest absolute Gasteiger partial charge is 0.351 e. The molecule has 0 saturated heterocycles. The van der Waals surface area contributed by atoms with Crippen LogP contribution >= 0.6 is 12.4 Å². The average molecular weight is 509 g/mol. The van der Waals surface area contributed by atoms with Crippen molar-refractivity contribution in [1.82, 2.24) is 20.2 Å². The zero-order valence-electron chi connectivity index (χ0n) is 21.1. The number of fused-ring (bicyclic) bond motifs is 1. The molecule has 2 atom stereocenters. The minimum absolute atomic E-state index is 0. The zero-order valence-corrected chi connectivity index (χ0v) is 21.9. The molecule has 2 amide bonds. The fraction of sp³-hybridized carbons (Fsp3) is 0.333. The Hall–Kier alpha value is -3.49. The summed E-state index contributed by atoms with van der Waals surface area (Å²) in [6.45, 7) is 5.05. The molecule has 2 N–H and O–H groups in total. The predicted molar refractivity (Wildman–Crippen MR) is 146 cm³/mol. The topological polar surface area (TPSA) is 90.5 Å². The van der Waals surface area contributed by atoms with E-state index in [1.165, 1.54) is 0 Å². The normalized spacial score (nSPS) is 16.6. The highest BCUT2D eigenvalue weighted by molar-refractivity contribution is 5.95. The van der Waals surface area contributed by atoms with Crippen LogP contribution in [-0.2, 0) is 4.79 Å². The number of carbonyl (C=O) groups excluding carboxylic acids is 2. The van der Waals surface area contributed by atoms with Crippen molar-refractivity contribution in [2.45, 2.75) is 32.4 Å². The van der Waals surface area contributed by atoms with E-state index in [1.54, 1.807) is 25.4 Å². The van der Waals surface area contributed by atoms with Crippen molar-refractivity contribution in [2.75, 3.05) is 37.4 Å². The lowest BCUT2D eigenvalue weighted by molar-refractivity contribution is -0.117. The van der Waals surface area contributed by atoms with Crippen LogP contribution < -0.4 is 15.5 Å². The lowest BCUT2D eigenvalue weighted by atomic mass is 9.89. The molecule has 0 fully saturated rings. The Morgan fingerprint density at radius 2 is 1.72 bits per heavy atom. The summed E-state index contributed by atoms with van der Waals surface area (Å²) < 4.78 is 0. The third-order valence-electron chi connectivity index (χ3n) is 6.21. The molecule has 1 aliphatic heterocycles. The van der Waals surface area contributed by atoms with Crippen molar-refractivity contribution in [1.29, 1.82) is 0 Å². The van der Waals surface area contributed by atoms with E-state index in [-0.39, 0.29) is 36.3 Å². The number of hydrogen-bond donors (Lipinski definition) is 2. The minimum Gasteiger partial charge on any atom is -0.351 e. The molecule has 1 aromatic heterocycles. The standard InChI is InChI=1S/C27H32N6O2.ClH/c1-18-16-24(31-27-29-12-5-13-30-27)23-17-22(10-11-25(23)33(18)19(2)34)20-6-8-21(9-7-20)26(35)28-14-15-32(3)4;/h5-13,17-18,24H,14-16H2,1-4H3,(H,28,35)(H,29,30,31);1H/t18-,24+;/m0./s1. The van der Waals surface area contributed by atoms with Crippen molar-refractivity contribution in [3.05, 3.63) is 72.1 Å². The number of benzene rings is 2. The summed E-state index contributed by atoms with van der Waals surface area (Å²) in [5, 5.41) is 6.38. The summed E-state index contributed by atoms with van der Waals surface area (Å²) in [4.78, 5) is 37.4. The van der Waals surface area contributed by atoms with Crippen molar-refractivity contribution >= 4 is 35.9 Å². The molecule has 4 rings (SSSR count). The van der Waals surface area contributed by atoms with Crippen molar-refractivity contribution in [2.24, 2.45) is 0 Å². The highest BCUT2D eigenvalue weighted by Gasteiger charge is 2.33. The number of hydrogen-bond acceptors (Lipinski definition) is 6. The SMILES string of the molecule is CC(=O)N1c2ccc(-c3ccc(C(=O)NCCN(C)C)cc3)cc2[C@H](Nc2ncccn2)C[C@@H]1C.Cl. The molecule has 9 heteroatoms. The third-order valence-corrected chi connectivity index (χ3v) is 6.21. The van der Waals surface area contributed by atoms with Gasteiger partial charge < -0.3 is 20.4 Å². The maximum absolute atomic E-state index is 12.4. The second-order valence-electron chi connectivity index (χ2n) is 9.15. The van der Waals surface area contributed by atoms with Crippen LogP contribution in [0.4, 0.5) is 11.6 Å². The highest BCUT2D eigenvalue weighted by atomic mass is 35.5. The number of nitrogens with one attached hydrogen (secondary N) is 2. The van der Waals surface area contributed by atoms with Gasteiger partial charge in [0.2, 0.25) is 11.9 Å². The van der Waals surface area contributed by atoms with Crippen LogP contribution in [0, 0.1) is 0 Å². The molecule has 0 radical (unpaired) electrons. The summed E-state index contributed by atoms with van der Waals surface area (Å²) in [5.41, 5.74) is 4.56. The first kappa shape index (κ1) is 27.1. The lowest BCUT2D eigenvalue weighted by Gasteiger charge is -2.39. The van der Waals surface area contributed by atoms with E-state index in [2.05, 4.69) is 33.6 Å². The van der Waals surface area contributed by atoms with Gasteiger partial charge in [0.05, 0.1) is 6.04 Å². The fourth-order valence-corrected chi connectivity index (χ4v) is 4.50. The Morgan fingerprint density at radius 3 is 2.36 bits per heavy atom. The van der Waals surface area contributed by atoms with Crippen LogP contribution in [0.1, 0.15) is 42.2 Å². The summed E-state index contributed by atoms with van der Waals surface area (Å²) in [6, 6.07) is 15.5. The number of aromatic nitrogens is 2. The number of carbonyl (C=O) groups is 2. The Balaban J connectivity index is 0.00000361. The van der Waals surface area contributed by atoms with Crippen LogP contribution in [0.3, 0.4) is 0 Å². The lowest BCUT2D eigenvalue weighted by Crippen LogP contribution is -2.43. The van der Waals surface area contributed by atoms with Crippen LogP contribution in [0.15, 0.2) is 60.9 Å². The molecule has 2 aromatic carbocycles. The van der Waals surface area contributed by atoms with Crippen LogP contribution in [-0.4, -0.2) is 59.9 Å². The molecule has 3 aromatic rings. The number of halogens is 1. The van der Waals surface area contributed by atoms with Gasteiger partial charge >= 0.3 is 0 Å². The molecular formula is C27H33ClN6O2. The van der Waals surface area contributed by atoms with Crippen LogP contribution in [0.5, 0.6) is 0 Å². The molecule has 36 heavy (non-hydrogen) atoms. The summed E-state index contributed by atoms with van der Waals surface area (Å²) in [7, 11) is 3.95. The van der Waals surface area contributed by atoms with E-state index in [1.807, 2.05) is 60.3 Å². The number of amides is 2. The fourth-order valence-electron chi connectivity index (χ4n) is 4.50. The van der Waals surface area contributed by atoms with Gasteiger partial charge in [0.25, 0.3) is 5.91 Å². The first-order valence-corrected chi connectivity index (χ1v) is 11.8. The van der Waals surface area contributed by atoms with Gasteiger partial charge in [-0.2, -0.15) is 0 Å². The van der Waals surface area contributed by atoms with Crippen LogP contribution in [0.25, 0.3) is 11.1 Å². The van der Waals surface area contributed by atoms with Crippen LogP contribution in [0.2, 0.25) is 0 Å². The Labute approximate surface area is 218 Å². The molecule has 0 unspecified atom stereocenters. The molecule has 190 valence electrons. The van der Waals surface area contributed by atoms with Crippen molar-refractivity contribution in [3.8, 4) is 11.1 Å². The van der Waals surface area contributed by atoms with Gasteiger partial charge in [-0.15, -0.1) is 12.4 Å². The summed E-state index contributed by atoms with van der Waals surface area (Å²) >= 11 is 0. The highest BCUT2D eigenvalue weighted by Crippen LogP contribution is 2.40. The molecule has 0 saturated carbocycles. The van der Waals surface area contributed by atoms with Gasteiger partial charge in [-0.05, 0) is 74.5 Å². The molecule has 2 heterocycles. The molecule has 1 aliphatic rings. The Bertz CT molecular complexity index is 1190. The number of likely N-dealkylation sites (N-methyl/N-ethyl adjacent to an activating group) is 1. The smallest absolute Gasteiger partial charge is 0.251 e. The Kier molecular flexibility index (Phi) is 9.01. The first-order valence-electron chi connectivity index (χ1n) is 11.8. The third kappa shape index (κ3) is 6.19. The van der Waals surface area contributed by atoms with E-state index in [9.17, 15) is 9.59 Å².